The fourth-order valence-electron chi connectivity index (χ4n) is 8.67. The Morgan fingerprint density at radius 1 is 0.600 bits per heavy atom. The summed E-state index contributed by atoms with van der Waals surface area (Å²) in [5.41, 5.74) is 0.508. The number of carboxylic acids is 1. The number of anilines is 1. The first-order valence-electron chi connectivity index (χ1n) is 16.2. The van der Waals surface area contributed by atoms with E-state index in [0.717, 1.165) is 4.90 Å². The Hall–Kier alpha value is -6.28. The average molecular weight is 661 g/mol. The topological polar surface area (TPSA) is 113 Å². The molecule has 246 valence electrons. The third-order valence-corrected chi connectivity index (χ3v) is 10.5. The zero-order chi connectivity index (χ0) is 34.8. The Bertz CT molecular complexity index is 2100. The number of rotatable bonds is 8. The van der Waals surface area contributed by atoms with Crippen LogP contribution >= 0.6 is 0 Å². The number of carboxylic acid groups (broad SMARTS) is 1. The minimum atomic E-state index is -1.61. The highest BCUT2D eigenvalue weighted by atomic mass is 16.5. The van der Waals surface area contributed by atoms with Gasteiger partial charge in [-0.15, -0.1) is 0 Å². The molecule has 0 radical (unpaired) electrons. The van der Waals surface area contributed by atoms with Gasteiger partial charge in [0.25, 0.3) is 0 Å². The summed E-state index contributed by atoms with van der Waals surface area (Å²) >= 11 is 0. The van der Waals surface area contributed by atoms with Gasteiger partial charge >= 0.3 is 0 Å². The number of carbonyl (C=O) groups is 4. The average Bonchev–Trinajstić information content (AvgIpc) is 3.67. The molecule has 2 amide bonds. The fourth-order valence-corrected chi connectivity index (χ4v) is 8.67. The minimum absolute atomic E-state index is 0.103. The molecule has 0 N–H and O–H groups in total. The van der Waals surface area contributed by atoms with Gasteiger partial charge in [0.1, 0.15) is 11.5 Å². The Balaban J connectivity index is 1.53. The van der Waals surface area contributed by atoms with Crippen molar-refractivity contribution in [1.82, 2.24) is 0 Å². The number of Topliss-reactive ketones (excluding diaryl/α,β-unsaturated/α-hetero) is 1. The molecule has 8 heteroatoms. The van der Waals surface area contributed by atoms with Crippen LogP contribution in [0.1, 0.15) is 32.6 Å². The Labute approximate surface area is 288 Å². The van der Waals surface area contributed by atoms with Crippen molar-refractivity contribution >= 4 is 40.4 Å². The predicted octanol–water partition coefficient (Wildman–Crippen LogP) is 5.26. The zero-order valence-electron chi connectivity index (χ0n) is 27.2. The molecule has 1 saturated carbocycles. The number of ether oxygens (including phenoxy) is 2. The highest BCUT2D eigenvalue weighted by Crippen LogP contribution is 2.74. The molecule has 1 saturated heterocycles. The van der Waals surface area contributed by atoms with E-state index >= 15 is 14.4 Å². The normalized spacial score (nSPS) is 23.7. The smallest absolute Gasteiger partial charge is 0.239 e. The number of fused-ring (bicyclic) bond motifs is 5. The van der Waals surface area contributed by atoms with E-state index in [2.05, 4.69) is 0 Å². The van der Waals surface area contributed by atoms with E-state index in [1.165, 1.54) is 24.3 Å². The van der Waals surface area contributed by atoms with Gasteiger partial charge in [-0.25, -0.2) is 4.90 Å². The van der Waals surface area contributed by atoms with Crippen LogP contribution in [0.15, 0.2) is 133 Å². The van der Waals surface area contributed by atoms with Crippen LogP contribution in [0.4, 0.5) is 5.69 Å². The lowest BCUT2D eigenvalue weighted by Crippen LogP contribution is -2.45. The molecule has 5 aromatic rings. The van der Waals surface area contributed by atoms with Crippen LogP contribution < -0.4 is 19.5 Å². The number of allylic oxidation sites excluding steroid dienone is 2. The molecule has 5 aromatic carbocycles. The predicted molar refractivity (Wildman–Crippen MR) is 184 cm³/mol. The third-order valence-electron chi connectivity index (χ3n) is 10.5. The minimum Gasteiger partial charge on any atom is -0.545 e. The van der Waals surface area contributed by atoms with Crippen LogP contribution in [0.3, 0.4) is 0 Å². The van der Waals surface area contributed by atoms with Crippen molar-refractivity contribution in [3.63, 3.8) is 0 Å². The Kier molecular flexibility index (Phi) is 7.08. The highest BCUT2D eigenvalue weighted by molar-refractivity contribution is 6.39. The Morgan fingerprint density at radius 2 is 1.04 bits per heavy atom. The van der Waals surface area contributed by atoms with E-state index in [1.54, 1.807) is 14.2 Å². The summed E-state index contributed by atoms with van der Waals surface area (Å²) in [5, 5.41) is 11.9. The molecule has 3 aliphatic rings. The van der Waals surface area contributed by atoms with E-state index in [4.69, 9.17) is 9.47 Å². The Morgan fingerprint density at radius 3 is 1.44 bits per heavy atom. The van der Waals surface area contributed by atoms with E-state index in [1.807, 2.05) is 109 Å². The number of benzene rings is 5. The molecule has 4 atom stereocenters. The number of hydrogen-bond acceptors (Lipinski definition) is 7. The second-order valence-corrected chi connectivity index (χ2v) is 12.7. The zero-order valence-corrected chi connectivity index (χ0v) is 27.2. The lowest BCUT2D eigenvalue weighted by atomic mass is 9.59. The molecule has 0 spiro atoms. The number of ketones is 1. The standard InChI is InChI=1S/C42H31NO7/c1-49-31-20-16-25(17-21-31)33-34(26-18-22-32(50-2)23-19-26)42(29-13-7-4-8-14-29)36-35(41(33,40(42)48)28-11-5-3-6-12-28)37(44)43(38(36)45)30-15-9-10-27(24-30)39(46)47/h3-24,35-36H,1-2H3,(H,46,47)/p-1/t35-,36-,41-,42+/m1/s1. The third kappa shape index (κ3) is 3.99. The largest absolute Gasteiger partial charge is 0.545 e. The molecule has 2 bridgehead atoms. The quantitative estimate of drug-likeness (QED) is 0.209. The molecule has 8 rings (SSSR count). The van der Waals surface area contributed by atoms with Gasteiger partial charge < -0.3 is 19.4 Å². The molecule has 2 fully saturated rings. The summed E-state index contributed by atoms with van der Waals surface area (Å²) in [4.78, 5) is 59.2. The van der Waals surface area contributed by atoms with Crippen molar-refractivity contribution in [1.29, 1.82) is 0 Å². The number of imide groups is 1. The van der Waals surface area contributed by atoms with E-state index in [9.17, 15) is 9.90 Å². The van der Waals surface area contributed by atoms with Crippen molar-refractivity contribution in [3.05, 3.63) is 161 Å². The summed E-state index contributed by atoms with van der Waals surface area (Å²) in [5.74, 6) is -3.94. The van der Waals surface area contributed by atoms with Crippen molar-refractivity contribution in [3.8, 4) is 11.5 Å². The number of aromatic carboxylic acids is 1. The van der Waals surface area contributed by atoms with Crippen LogP contribution in [-0.2, 0) is 25.2 Å². The lowest BCUT2D eigenvalue weighted by Gasteiger charge is -2.39. The van der Waals surface area contributed by atoms with Gasteiger partial charge in [0.2, 0.25) is 11.8 Å². The monoisotopic (exact) mass is 660 g/mol. The van der Waals surface area contributed by atoms with Gasteiger partial charge in [0, 0.05) is 0 Å². The molecular formula is C42H30NO7-. The molecular weight excluding hydrogens is 630 g/mol. The first kappa shape index (κ1) is 31.0. The number of carbonyl (C=O) groups excluding carboxylic acids is 4. The van der Waals surface area contributed by atoms with Crippen LogP contribution in [0, 0.1) is 11.8 Å². The van der Waals surface area contributed by atoms with Gasteiger partial charge in [0.05, 0.1) is 48.5 Å². The van der Waals surface area contributed by atoms with Gasteiger partial charge in [-0.2, -0.15) is 0 Å². The maximum Gasteiger partial charge on any atom is 0.239 e. The van der Waals surface area contributed by atoms with Crippen molar-refractivity contribution in [2.45, 2.75) is 10.8 Å². The van der Waals surface area contributed by atoms with E-state index < -0.39 is 40.4 Å². The molecule has 1 heterocycles. The molecule has 2 aliphatic carbocycles. The van der Waals surface area contributed by atoms with E-state index in [0.29, 0.717) is 44.9 Å². The molecule has 1 aliphatic heterocycles. The van der Waals surface area contributed by atoms with Crippen LogP contribution in [0.5, 0.6) is 11.5 Å². The molecule has 0 unspecified atom stereocenters. The van der Waals surface area contributed by atoms with Gasteiger partial charge in [-0.3, -0.25) is 14.4 Å². The number of nitrogens with zero attached hydrogens (tertiary/aromatic N) is 1. The van der Waals surface area contributed by atoms with Gasteiger partial charge in [-0.05, 0) is 75.4 Å². The fraction of sp³-hybridized carbons (Fsp3) is 0.143. The number of methoxy groups -OCH3 is 2. The second-order valence-electron chi connectivity index (χ2n) is 12.7. The van der Waals surface area contributed by atoms with Crippen molar-refractivity contribution in [2.24, 2.45) is 11.8 Å². The van der Waals surface area contributed by atoms with Crippen LogP contribution in [-0.4, -0.2) is 37.8 Å². The van der Waals surface area contributed by atoms with Gasteiger partial charge in [0.15, 0.2) is 5.78 Å². The van der Waals surface area contributed by atoms with E-state index in [-0.39, 0.29) is 17.0 Å². The summed E-state index contributed by atoms with van der Waals surface area (Å²) in [6, 6.07) is 38.8. The maximum atomic E-state index is 16.0. The van der Waals surface area contributed by atoms with Crippen LogP contribution in [0.2, 0.25) is 0 Å². The first-order valence-corrected chi connectivity index (χ1v) is 16.2. The number of amides is 2. The second kappa shape index (κ2) is 11.4. The maximum absolute atomic E-state index is 16.0. The van der Waals surface area contributed by atoms with Crippen molar-refractivity contribution in [2.75, 3.05) is 19.1 Å². The van der Waals surface area contributed by atoms with Gasteiger partial charge in [-0.1, -0.05) is 97.1 Å². The SMILES string of the molecule is COc1ccc(C2=C(c3ccc(OC)cc3)[C@@]3(c4ccccc4)C(=O)[C@]2(c2ccccc2)[C@H]2C(=O)N(c4cccc(C(=O)[O-])c4)C(=O)[C@@H]23)cc1. The molecule has 50 heavy (non-hydrogen) atoms. The first-order chi connectivity index (χ1) is 24.3. The molecule has 8 nitrogen and oxygen atoms in total. The lowest BCUT2D eigenvalue weighted by molar-refractivity contribution is -0.255. The van der Waals surface area contributed by atoms with Crippen LogP contribution in [0.25, 0.3) is 11.1 Å². The highest BCUT2D eigenvalue weighted by Gasteiger charge is 2.82. The number of hydrogen-bond donors (Lipinski definition) is 0. The summed E-state index contributed by atoms with van der Waals surface area (Å²) in [7, 11) is 3.15. The molecule has 0 aromatic heterocycles. The summed E-state index contributed by atoms with van der Waals surface area (Å²) < 4.78 is 11.0. The van der Waals surface area contributed by atoms with Crippen molar-refractivity contribution < 1.29 is 33.8 Å². The summed E-state index contributed by atoms with van der Waals surface area (Å²) in [6.07, 6.45) is 0. The summed E-state index contributed by atoms with van der Waals surface area (Å²) in [6.45, 7) is 0.